The second kappa shape index (κ2) is 51.6. The second-order valence-corrected chi connectivity index (χ2v) is 30.9. The van der Waals surface area contributed by atoms with Crippen LogP contribution in [0.15, 0.2) is 100 Å². The number of phenolic OH excluding ortho intramolecular Hbond substituents is 2. The number of guanidine groups is 3. The van der Waals surface area contributed by atoms with Crippen LogP contribution in [0.3, 0.4) is 0 Å². The number of nitrogen functional groups attached to an aromatic ring is 1. The van der Waals surface area contributed by atoms with Gasteiger partial charge in [-0.15, -0.1) is 0 Å². The molecule has 4 aromatic rings. The van der Waals surface area contributed by atoms with Gasteiger partial charge in [0.25, 0.3) is 5.91 Å². The molecule has 0 spiro atoms. The molecule has 1 aromatic heterocycles. The van der Waals surface area contributed by atoms with Crippen LogP contribution in [-0.2, 0) is 86.4 Å². The molecule has 15 amide bonds. The molecule has 680 valence electrons. The van der Waals surface area contributed by atoms with Crippen molar-refractivity contribution in [3.63, 3.8) is 0 Å². The Bertz CT molecular complexity index is 4340. The summed E-state index contributed by atoms with van der Waals surface area (Å²) in [6.07, 6.45) is -2.36. The summed E-state index contributed by atoms with van der Waals surface area (Å²) >= 11 is 0. The molecule has 0 bridgehead atoms. The summed E-state index contributed by atoms with van der Waals surface area (Å²) in [6.45, 7) is 10.7. The Morgan fingerprint density at radius 3 is 1.13 bits per heavy atom. The van der Waals surface area contributed by atoms with E-state index in [1.807, 2.05) is 0 Å². The van der Waals surface area contributed by atoms with Gasteiger partial charge in [-0.05, 0) is 142 Å². The SMILES string of the molecule is CC(C)C[C@H](NC(=O)[C@H](Cc1ccc(O)cc1)NC(=O)[C@H](Cc1cnc[nH]1)NC(=O)[C@H](CCCN=C(N)N)NC(=O)c1ccc(N)cc1)C(=O)N[C@@H](CC(N)=O)C(=O)N[C@@H](CC(C)C)C(=O)N[C@H](C(=O)N[C@H](C(=O)N[C@@H](CCCN=C(N)N)C(=O)N[C@@H](CCC(N)=O)C(=O)N[C@@H](CCCN=C(N)N)C(=O)N[C@@H](Cc1ccc(O)cc1)C(N)=O)[C@@H](C)O)C(C)C. The highest BCUT2D eigenvalue weighted by molar-refractivity contribution is 6.02. The van der Waals surface area contributed by atoms with Crippen molar-refractivity contribution >= 4 is 112 Å². The van der Waals surface area contributed by atoms with Gasteiger partial charge >= 0.3 is 0 Å². The number of carbonyl (C=O) groups excluding carboxylic acids is 15. The fourth-order valence-electron chi connectivity index (χ4n) is 12.4. The largest absolute Gasteiger partial charge is 0.508 e. The van der Waals surface area contributed by atoms with Crippen molar-refractivity contribution in [2.45, 2.75) is 217 Å². The molecule has 0 aliphatic carbocycles. The normalized spacial score (nSPS) is 14.2. The summed E-state index contributed by atoms with van der Waals surface area (Å²) in [5.74, 6) is -17.8. The number of nitrogens with zero attached hydrogens (tertiary/aromatic N) is 4. The Hall–Kier alpha value is -13.9. The molecule has 36 N–H and O–H groups in total. The van der Waals surface area contributed by atoms with Crippen molar-refractivity contribution in [1.82, 2.24) is 73.8 Å². The topological polar surface area (TPSA) is 787 Å². The highest BCUT2D eigenvalue weighted by Crippen LogP contribution is 2.19. The molecule has 0 saturated carbocycles. The first-order valence-electron chi connectivity index (χ1n) is 40.1. The zero-order valence-electron chi connectivity index (χ0n) is 70.4. The number of aromatic hydroxyl groups is 2. The summed E-state index contributed by atoms with van der Waals surface area (Å²) in [6, 6.07) is -2.08. The van der Waals surface area contributed by atoms with Crippen molar-refractivity contribution in [2.24, 2.45) is 84.3 Å². The third-order valence-corrected chi connectivity index (χ3v) is 18.9. The van der Waals surface area contributed by atoms with Crippen LogP contribution in [0.1, 0.15) is 146 Å². The molecule has 0 unspecified atom stereocenters. The van der Waals surface area contributed by atoms with Crippen LogP contribution in [0.25, 0.3) is 0 Å². The fourth-order valence-corrected chi connectivity index (χ4v) is 12.4. The number of amides is 15. The monoisotopic (exact) mass is 1740 g/mol. The first kappa shape index (κ1) is 102. The molecule has 124 heavy (non-hydrogen) atoms. The Morgan fingerprint density at radius 1 is 0.387 bits per heavy atom. The van der Waals surface area contributed by atoms with Crippen molar-refractivity contribution < 1.29 is 87.2 Å². The van der Waals surface area contributed by atoms with Crippen LogP contribution in [0, 0.1) is 17.8 Å². The summed E-state index contributed by atoms with van der Waals surface area (Å²) in [5, 5.41) is 61.8. The van der Waals surface area contributed by atoms with E-state index in [1.54, 1.807) is 27.7 Å². The minimum atomic E-state index is -1.93. The van der Waals surface area contributed by atoms with Gasteiger partial charge in [-0.1, -0.05) is 65.8 Å². The van der Waals surface area contributed by atoms with E-state index in [0.717, 1.165) is 6.92 Å². The van der Waals surface area contributed by atoms with Crippen LogP contribution < -0.4 is 121 Å². The van der Waals surface area contributed by atoms with Gasteiger partial charge in [-0.2, -0.15) is 0 Å². The van der Waals surface area contributed by atoms with E-state index in [0.29, 0.717) is 22.5 Å². The first-order valence-corrected chi connectivity index (χ1v) is 40.1. The Labute approximate surface area is 716 Å². The number of phenols is 2. The highest BCUT2D eigenvalue weighted by atomic mass is 16.3. The molecule has 13 atom stereocenters. The lowest BCUT2D eigenvalue weighted by molar-refractivity contribution is -0.138. The van der Waals surface area contributed by atoms with Gasteiger partial charge in [-0.25, -0.2) is 4.98 Å². The molecule has 0 aliphatic rings. The van der Waals surface area contributed by atoms with Crippen molar-refractivity contribution in [3.8, 4) is 11.5 Å². The average Bonchev–Trinajstić information content (AvgIpc) is 1.08. The second-order valence-electron chi connectivity index (χ2n) is 30.9. The number of nitrogens with one attached hydrogen (secondary N) is 13. The van der Waals surface area contributed by atoms with E-state index in [4.69, 9.17) is 57.3 Å². The maximum absolute atomic E-state index is 14.9. The highest BCUT2D eigenvalue weighted by Gasteiger charge is 2.40. The maximum atomic E-state index is 14.9. The number of aliphatic hydroxyl groups is 1. The molecule has 0 radical (unpaired) electrons. The van der Waals surface area contributed by atoms with Gasteiger partial charge in [0, 0.05) is 68.5 Å². The third-order valence-electron chi connectivity index (χ3n) is 18.9. The Kier molecular flexibility index (Phi) is 42.7. The van der Waals surface area contributed by atoms with Crippen molar-refractivity contribution in [1.29, 1.82) is 0 Å². The zero-order valence-corrected chi connectivity index (χ0v) is 70.4. The van der Waals surface area contributed by atoms with E-state index < -0.39 is 204 Å². The number of hydrogen-bond acceptors (Lipinski definition) is 23. The zero-order chi connectivity index (χ0) is 92.6. The van der Waals surface area contributed by atoms with E-state index in [1.165, 1.54) is 99.2 Å². The molecule has 45 heteroatoms. The quantitative estimate of drug-likeness (QED) is 0.00846. The summed E-state index contributed by atoms with van der Waals surface area (Å²) in [5.41, 5.74) is 57.6. The number of aromatic nitrogens is 2. The molecule has 1 heterocycles. The number of benzene rings is 3. The van der Waals surface area contributed by atoms with Gasteiger partial charge < -0.3 is 141 Å². The maximum Gasteiger partial charge on any atom is 0.251 e. The van der Waals surface area contributed by atoms with Crippen LogP contribution in [0.2, 0.25) is 0 Å². The number of hydrogen-bond donors (Lipinski definition) is 26. The Balaban J connectivity index is 1.62. The van der Waals surface area contributed by atoms with Gasteiger partial charge in [0.1, 0.15) is 84.0 Å². The summed E-state index contributed by atoms with van der Waals surface area (Å²) in [7, 11) is 0. The lowest BCUT2D eigenvalue weighted by atomic mass is 9.98. The van der Waals surface area contributed by atoms with E-state index in [2.05, 4.69) is 88.7 Å². The number of anilines is 1. The van der Waals surface area contributed by atoms with Crippen LogP contribution in [0.4, 0.5) is 5.69 Å². The number of aliphatic hydroxyl groups excluding tert-OH is 1. The minimum Gasteiger partial charge on any atom is -0.508 e. The lowest BCUT2D eigenvalue weighted by Gasteiger charge is -2.30. The van der Waals surface area contributed by atoms with E-state index in [9.17, 15) is 87.2 Å². The number of aromatic amines is 1. The summed E-state index contributed by atoms with van der Waals surface area (Å²) in [4.78, 5) is 230. The molecular weight excluding hydrogens is 1620 g/mol. The number of carbonyl (C=O) groups is 15. The third kappa shape index (κ3) is 37.8. The first-order chi connectivity index (χ1) is 58.4. The number of rotatable bonds is 54. The fraction of sp³-hybridized carbons (Fsp3) is 0.506. The van der Waals surface area contributed by atoms with Gasteiger partial charge in [-0.3, -0.25) is 86.9 Å². The van der Waals surface area contributed by atoms with Crippen LogP contribution in [0.5, 0.6) is 11.5 Å². The van der Waals surface area contributed by atoms with Gasteiger partial charge in [0.15, 0.2) is 17.9 Å². The number of H-pyrrole nitrogens is 1. The molecule has 0 fully saturated rings. The lowest BCUT2D eigenvalue weighted by Crippen LogP contribution is -2.63. The molecule has 4 rings (SSSR count). The minimum absolute atomic E-state index is 0.0385. The number of nitrogens with two attached hydrogens (primary N) is 10. The average molecular weight is 1740 g/mol. The predicted octanol–water partition coefficient (Wildman–Crippen LogP) is -6.52. The molecular formula is C79H121N27O18. The van der Waals surface area contributed by atoms with Crippen LogP contribution >= 0.6 is 0 Å². The molecule has 0 saturated heterocycles. The van der Waals surface area contributed by atoms with Crippen LogP contribution in [-0.4, -0.2) is 230 Å². The summed E-state index contributed by atoms with van der Waals surface area (Å²) < 4.78 is 0. The van der Waals surface area contributed by atoms with Gasteiger partial charge in [0.05, 0.1) is 18.9 Å². The molecule has 3 aromatic carbocycles. The standard InChI is InChI=1S/C79H121N27O18/c1-39(2)31-55(100-71(119)57(34-44-16-24-49(109)25-17-44)102-72(120)58(35-47-37-90-38-94-47)103-68(116)50(11-8-28-91-77(84)85)95-65(113)45-18-20-46(80)21-19-45)70(118)104-59(36-61(82)111)73(121)101-56(32-40(3)4)74(122)105-62(41(5)6)75(123)106-63(42(7)107)76(124)98-52(13-10-30-93-79(88)89)66(114)97-53(26-27-60(81)110)69(117)96-51(12-9-29-92-78(86)87)67(115)99-54(64(83)112)33-43-14-22-48(108)23-15-43/h14-25,37-42,50-59,62-63,107-109H,8-13,26-36,80H2,1-7H3,(H2,81,110)(H2,82,111)(H2,83,112)(H,90,94)(H,95,113)(H,96,117)(H,97,114)(H,98,124)(H,99,115)(H,100,119)(H,101,121)(H,102,120)(H,103,116)(H,104,118)(H,105,122)(H,106,123)(H4,84,85,91)(H4,86,87,92)(H4,88,89,93)/t42-,50+,51+,52+,53+,54+,55+,56+,57+,58+,59+,62+,63+/m1/s1. The van der Waals surface area contributed by atoms with E-state index in [-0.39, 0.29) is 125 Å². The molecule has 45 nitrogen and oxygen atoms in total. The number of aliphatic imine (C=N–C) groups is 3. The number of primary amides is 3. The van der Waals surface area contributed by atoms with Crippen molar-refractivity contribution in [3.05, 3.63) is 108 Å². The van der Waals surface area contributed by atoms with Gasteiger partial charge in [0.2, 0.25) is 82.7 Å². The predicted molar refractivity (Wildman–Crippen MR) is 456 cm³/mol. The smallest absolute Gasteiger partial charge is 0.251 e. The van der Waals surface area contributed by atoms with Crippen molar-refractivity contribution in [2.75, 3.05) is 25.4 Å². The number of imidazole rings is 1. The van der Waals surface area contributed by atoms with E-state index >= 15 is 0 Å². The molecule has 0 aliphatic heterocycles. The Morgan fingerprint density at radius 2 is 0.734 bits per heavy atom.